The summed E-state index contributed by atoms with van der Waals surface area (Å²) in [5.74, 6) is 0.323. The summed E-state index contributed by atoms with van der Waals surface area (Å²) in [6.45, 7) is 5.68. The lowest BCUT2D eigenvalue weighted by Gasteiger charge is -2.36. The highest BCUT2D eigenvalue weighted by atomic mass is 35.5. The molecule has 0 aliphatic carbocycles. The lowest BCUT2D eigenvalue weighted by molar-refractivity contribution is -0.133. The Morgan fingerprint density at radius 3 is 2.54 bits per heavy atom. The van der Waals surface area contributed by atoms with Crippen LogP contribution in [0.1, 0.15) is 38.2 Å². The second-order valence-electron chi connectivity index (χ2n) is 7.90. The molecule has 0 unspecified atom stereocenters. The number of nitrogens with one attached hydrogen (secondary N) is 1. The molecule has 0 aromatic heterocycles. The number of amides is 2. The van der Waals surface area contributed by atoms with E-state index in [2.05, 4.69) is 11.4 Å². The Hall–Kier alpha value is -1.59. The van der Waals surface area contributed by atoms with Gasteiger partial charge in [0.1, 0.15) is 0 Å². The fourth-order valence-corrected chi connectivity index (χ4v) is 5.00. The van der Waals surface area contributed by atoms with Crippen molar-refractivity contribution < 1.29 is 9.59 Å². The van der Waals surface area contributed by atoms with Crippen LogP contribution in [0.3, 0.4) is 0 Å². The molecule has 6 heteroatoms. The van der Waals surface area contributed by atoms with Crippen LogP contribution in [-0.4, -0.2) is 49.4 Å². The monoisotopic (exact) mass is 375 g/mol. The summed E-state index contributed by atoms with van der Waals surface area (Å²) in [5.41, 5.74) is 2.30. The lowest BCUT2D eigenvalue weighted by atomic mass is 9.75. The van der Waals surface area contributed by atoms with E-state index < -0.39 is 0 Å². The molecular formula is C20H26ClN3O2. The van der Waals surface area contributed by atoms with Gasteiger partial charge in [-0.05, 0) is 62.5 Å². The summed E-state index contributed by atoms with van der Waals surface area (Å²) in [4.78, 5) is 28.7. The molecule has 4 rings (SSSR count). The van der Waals surface area contributed by atoms with Gasteiger partial charge in [-0.1, -0.05) is 11.6 Å². The van der Waals surface area contributed by atoms with E-state index in [-0.39, 0.29) is 23.1 Å². The zero-order valence-electron chi connectivity index (χ0n) is 15.3. The summed E-state index contributed by atoms with van der Waals surface area (Å²) in [6.07, 6.45) is 3.58. The van der Waals surface area contributed by atoms with Crippen LogP contribution in [0.25, 0.3) is 0 Å². The van der Waals surface area contributed by atoms with Crippen molar-refractivity contribution in [2.24, 2.45) is 5.92 Å². The minimum Gasteiger partial charge on any atom is -0.343 e. The summed E-state index contributed by atoms with van der Waals surface area (Å²) in [5, 5.41) is 4.17. The zero-order chi connectivity index (χ0) is 18.3. The molecule has 2 amide bonds. The highest BCUT2D eigenvalue weighted by Crippen LogP contribution is 2.47. The molecule has 1 aromatic carbocycles. The number of nitrogens with zero attached hydrogens (tertiary/aromatic N) is 2. The molecule has 0 atom stereocenters. The average Bonchev–Trinajstić information content (AvgIpc) is 2.95. The number of fused-ring (bicyclic) bond motifs is 2. The fraction of sp³-hybridized carbons (Fsp3) is 0.600. The zero-order valence-corrected chi connectivity index (χ0v) is 16.0. The first-order chi connectivity index (χ1) is 12.5. The van der Waals surface area contributed by atoms with E-state index in [9.17, 15) is 9.59 Å². The molecule has 0 bridgehead atoms. The number of benzene rings is 1. The number of carbonyl (C=O) groups is 2. The molecule has 1 aromatic rings. The highest BCUT2D eigenvalue weighted by Gasteiger charge is 2.46. The maximum atomic E-state index is 13.3. The van der Waals surface area contributed by atoms with Crippen LogP contribution in [0.5, 0.6) is 0 Å². The molecule has 26 heavy (non-hydrogen) atoms. The van der Waals surface area contributed by atoms with Crippen molar-refractivity contribution in [2.45, 2.75) is 38.0 Å². The number of piperidine rings is 2. The Bertz CT molecular complexity index is 722. The standard InChI is InChI=1S/C20H26ClN3O2/c1-14(25)23-10-4-15(5-11-23)19(26)24-13-20(6-8-22-9-7-20)17-12-16(21)2-3-18(17)24/h2-3,12,15,22H,4-11,13H2,1H3. The lowest BCUT2D eigenvalue weighted by Crippen LogP contribution is -2.47. The summed E-state index contributed by atoms with van der Waals surface area (Å²) >= 11 is 6.29. The van der Waals surface area contributed by atoms with Crippen LogP contribution in [0, 0.1) is 5.92 Å². The van der Waals surface area contributed by atoms with Crippen molar-refractivity contribution in [3.8, 4) is 0 Å². The van der Waals surface area contributed by atoms with Gasteiger partial charge < -0.3 is 15.1 Å². The van der Waals surface area contributed by atoms with Crippen LogP contribution in [-0.2, 0) is 15.0 Å². The molecule has 140 valence electrons. The van der Waals surface area contributed by atoms with E-state index in [4.69, 9.17) is 11.6 Å². The van der Waals surface area contributed by atoms with E-state index in [1.165, 1.54) is 5.56 Å². The van der Waals surface area contributed by atoms with E-state index in [0.717, 1.165) is 56.0 Å². The molecule has 2 fully saturated rings. The quantitative estimate of drug-likeness (QED) is 0.820. The van der Waals surface area contributed by atoms with Gasteiger partial charge in [-0.2, -0.15) is 0 Å². The molecule has 1 spiro atoms. The number of halogens is 1. The first-order valence-electron chi connectivity index (χ1n) is 9.58. The third-order valence-electron chi connectivity index (χ3n) is 6.40. The predicted octanol–water partition coefficient (Wildman–Crippen LogP) is 2.57. The second-order valence-corrected chi connectivity index (χ2v) is 8.33. The van der Waals surface area contributed by atoms with Crippen molar-refractivity contribution >= 4 is 29.1 Å². The number of rotatable bonds is 1. The largest absolute Gasteiger partial charge is 0.343 e. The fourth-order valence-electron chi connectivity index (χ4n) is 4.83. The van der Waals surface area contributed by atoms with Gasteiger partial charge in [0.05, 0.1) is 0 Å². The number of hydrogen-bond acceptors (Lipinski definition) is 3. The summed E-state index contributed by atoms with van der Waals surface area (Å²) in [7, 11) is 0. The van der Waals surface area contributed by atoms with Gasteiger partial charge in [-0.25, -0.2) is 0 Å². The summed E-state index contributed by atoms with van der Waals surface area (Å²) in [6, 6.07) is 5.96. The molecular weight excluding hydrogens is 350 g/mol. The number of likely N-dealkylation sites (tertiary alicyclic amines) is 1. The molecule has 3 heterocycles. The van der Waals surface area contributed by atoms with Gasteiger partial charge in [0.2, 0.25) is 11.8 Å². The Labute approximate surface area is 159 Å². The minimum absolute atomic E-state index is 0.00555. The Morgan fingerprint density at radius 1 is 1.19 bits per heavy atom. The molecule has 1 N–H and O–H groups in total. The first kappa shape index (κ1) is 17.8. The van der Waals surface area contributed by atoms with Crippen LogP contribution in [0.4, 0.5) is 5.69 Å². The van der Waals surface area contributed by atoms with Crippen LogP contribution >= 0.6 is 11.6 Å². The highest BCUT2D eigenvalue weighted by molar-refractivity contribution is 6.30. The maximum Gasteiger partial charge on any atom is 0.230 e. The Morgan fingerprint density at radius 2 is 1.88 bits per heavy atom. The Kier molecular flexibility index (Phi) is 4.70. The van der Waals surface area contributed by atoms with Crippen LogP contribution < -0.4 is 10.2 Å². The second kappa shape index (κ2) is 6.86. The topological polar surface area (TPSA) is 52.7 Å². The normalized spacial score (nSPS) is 22.5. The molecule has 3 aliphatic heterocycles. The van der Waals surface area contributed by atoms with Crippen molar-refractivity contribution in [2.75, 3.05) is 37.6 Å². The van der Waals surface area contributed by atoms with Crippen LogP contribution in [0.2, 0.25) is 5.02 Å². The van der Waals surface area contributed by atoms with E-state index in [0.29, 0.717) is 13.1 Å². The van der Waals surface area contributed by atoms with Gasteiger partial charge in [0, 0.05) is 48.6 Å². The van der Waals surface area contributed by atoms with Crippen molar-refractivity contribution in [3.63, 3.8) is 0 Å². The van der Waals surface area contributed by atoms with Crippen molar-refractivity contribution in [1.29, 1.82) is 0 Å². The number of carbonyl (C=O) groups excluding carboxylic acids is 2. The van der Waals surface area contributed by atoms with Gasteiger partial charge in [0.15, 0.2) is 0 Å². The smallest absolute Gasteiger partial charge is 0.230 e. The maximum absolute atomic E-state index is 13.3. The molecule has 3 aliphatic rings. The SMILES string of the molecule is CC(=O)N1CCC(C(=O)N2CC3(CCNCC3)c3cc(Cl)ccc32)CC1. The van der Waals surface area contributed by atoms with Gasteiger partial charge in [-0.15, -0.1) is 0 Å². The molecule has 5 nitrogen and oxygen atoms in total. The van der Waals surface area contributed by atoms with Crippen molar-refractivity contribution in [1.82, 2.24) is 10.2 Å². The first-order valence-corrected chi connectivity index (χ1v) is 9.96. The number of anilines is 1. The van der Waals surface area contributed by atoms with Gasteiger partial charge >= 0.3 is 0 Å². The van der Waals surface area contributed by atoms with Crippen LogP contribution in [0.15, 0.2) is 18.2 Å². The van der Waals surface area contributed by atoms with Gasteiger partial charge in [-0.3, -0.25) is 9.59 Å². The van der Waals surface area contributed by atoms with E-state index in [1.807, 2.05) is 21.9 Å². The van der Waals surface area contributed by atoms with Crippen molar-refractivity contribution in [3.05, 3.63) is 28.8 Å². The van der Waals surface area contributed by atoms with E-state index >= 15 is 0 Å². The average molecular weight is 376 g/mol. The molecule has 0 radical (unpaired) electrons. The van der Waals surface area contributed by atoms with E-state index in [1.54, 1.807) is 6.92 Å². The minimum atomic E-state index is 0.00555. The third-order valence-corrected chi connectivity index (χ3v) is 6.63. The number of hydrogen-bond donors (Lipinski definition) is 1. The predicted molar refractivity (Wildman–Crippen MR) is 103 cm³/mol. The Balaban J connectivity index is 1.58. The summed E-state index contributed by atoms with van der Waals surface area (Å²) < 4.78 is 0. The third kappa shape index (κ3) is 3.01. The molecule has 0 saturated carbocycles. The van der Waals surface area contributed by atoms with Gasteiger partial charge in [0.25, 0.3) is 0 Å². The molecule has 2 saturated heterocycles.